The summed E-state index contributed by atoms with van der Waals surface area (Å²) in [5.41, 5.74) is 1.88. The number of carbonyl (C=O) groups excluding carboxylic acids is 1. The monoisotopic (exact) mass is 387 g/mol. The highest BCUT2D eigenvalue weighted by molar-refractivity contribution is 7.17. The molecule has 3 aromatic rings. The molecule has 0 fully saturated rings. The van der Waals surface area contributed by atoms with E-state index in [0.717, 1.165) is 16.9 Å². The number of nitrogens with zero attached hydrogens (tertiary/aromatic N) is 3. The Hall–Kier alpha value is -3.40. The van der Waals surface area contributed by atoms with Crippen molar-refractivity contribution >= 4 is 39.9 Å². The first-order valence-corrected chi connectivity index (χ1v) is 8.68. The van der Waals surface area contributed by atoms with E-state index in [1.807, 2.05) is 6.92 Å². The minimum Gasteiger partial charge on any atom is -0.508 e. The van der Waals surface area contributed by atoms with Gasteiger partial charge in [0.2, 0.25) is 0 Å². The average Bonchev–Trinajstić information content (AvgIpc) is 3.23. The number of phenolic OH excluding ortho intramolecular Hbond substituents is 1. The van der Waals surface area contributed by atoms with Crippen molar-refractivity contribution in [2.45, 2.75) is 13.8 Å². The summed E-state index contributed by atoms with van der Waals surface area (Å²) in [7, 11) is 1.60. The van der Waals surface area contributed by atoms with E-state index in [1.165, 1.54) is 16.9 Å². The quantitative estimate of drug-likeness (QED) is 0.530. The number of nitrogens with one attached hydrogen (secondary N) is 2. The topological polar surface area (TPSA) is 129 Å². The third-order valence-electron chi connectivity index (χ3n) is 3.95. The molecule has 10 heteroatoms. The van der Waals surface area contributed by atoms with Gasteiger partial charge in [-0.3, -0.25) is 9.48 Å². The summed E-state index contributed by atoms with van der Waals surface area (Å²) in [6.07, 6.45) is 1.42. The first-order chi connectivity index (χ1) is 12.8. The highest BCUT2D eigenvalue weighted by atomic mass is 32.1. The molecular formula is C17H17N5O4S. The maximum Gasteiger partial charge on any atom is 0.356 e. The molecule has 4 N–H and O–H groups in total. The van der Waals surface area contributed by atoms with Crippen LogP contribution in [0.4, 0.5) is 16.6 Å². The van der Waals surface area contributed by atoms with Gasteiger partial charge in [-0.25, -0.2) is 9.78 Å². The third kappa shape index (κ3) is 3.75. The second-order valence-corrected chi connectivity index (χ2v) is 6.88. The predicted octanol–water partition coefficient (Wildman–Crippen LogP) is 2.89. The van der Waals surface area contributed by atoms with Gasteiger partial charge >= 0.3 is 5.97 Å². The van der Waals surface area contributed by atoms with Crippen LogP contribution in [0.5, 0.6) is 5.75 Å². The second kappa shape index (κ2) is 7.08. The number of carboxylic acids is 1. The number of aromatic hydroxyl groups is 1. The lowest BCUT2D eigenvalue weighted by molar-refractivity contribution is 0.0689. The molecular weight excluding hydrogens is 370 g/mol. The molecule has 2 heterocycles. The van der Waals surface area contributed by atoms with Gasteiger partial charge in [-0.2, -0.15) is 5.10 Å². The van der Waals surface area contributed by atoms with Gasteiger partial charge in [0.25, 0.3) is 5.91 Å². The van der Waals surface area contributed by atoms with Crippen LogP contribution in [0.3, 0.4) is 0 Å². The minimum atomic E-state index is -1.13. The number of rotatable bonds is 5. The molecule has 0 saturated heterocycles. The first kappa shape index (κ1) is 18.4. The van der Waals surface area contributed by atoms with E-state index in [2.05, 4.69) is 20.7 Å². The van der Waals surface area contributed by atoms with Crippen molar-refractivity contribution in [2.24, 2.45) is 7.05 Å². The highest BCUT2D eigenvalue weighted by Crippen LogP contribution is 2.29. The molecule has 0 saturated carbocycles. The summed E-state index contributed by atoms with van der Waals surface area (Å²) in [5.74, 6) is -0.940. The van der Waals surface area contributed by atoms with Gasteiger partial charge in [-0.15, -0.1) is 0 Å². The van der Waals surface area contributed by atoms with Gasteiger partial charge in [0.1, 0.15) is 16.4 Å². The largest absolute Gasteiger partial charge is 0.508 e. The Kier molecular flexibility index (Phi) is 4.82. The summed E-state index contributed by atoms with van der Waals surface area (Å²) in [6.45, 7) is 3.56. The molecule has 0 unspecified atom stereocenters. The van der Waals surface area contributed by atoms with Crippen molar-refractivity contribution in [1.82, 2.24) is 14.8 Å². The Morgan fingerprint density at radius 3 is 2.67 bits per heavy atom. The van der Waals surface area contributed by atoms with Crippen LogP contribution in [0.25, 0.3) is 0 Å². The summed E-state index contributed by atoms with van der Waals surface area (Å²) >= 11 is 1.11. The predicted molar refractivity (Wildman–Crippen MR) is 101 cm³/mol. The SMILES string of the molecule is Cc1ccc(O)c(C)c1NC(=O)c1cnc(Nc2cc(C(=O)O)nn2C)s1. The summed E-state index contributed by atoms with van der Waals surface area (Å²) < 4.78 is 1.38. The van der Waals surface area contributed by atoms with Crippen molar-refractivity contribution in [2.75, 3.05) is 10.6 Å². The van der Waals surface area contributed by atoms with Crippen LogP contribution in [0.15, 0.2) is 24.4 Å². The molecule has 9 nitrogen and oxygen atoms in total. The molecule has 0 aliphatic carbocycles. The number of hydrogen-bond acceptors (Lipinski definition) is 7. The molecule has 3 rings (SSSR count). The molecule has 0 spiro atoms. The van der Waals surface area contributed by atoms with Gasteiger partial charge < -0.3 is 20.8 Å². The lowest BCUT2D eigenvalue weighted by Crippen LogP contribution is -2.12. The molecule has 1 aromatic carbocycles. The van der Waals surface area contributed by atoms with Crippen LogP contribution >= 0.6 is 11.3 Å². The zero-order valence-corrected chi connectivity index (χ0v) is 15.6. The molecule has 0 aliphatic rings. The van der Waals surface area contributed by atoms with E-state index in [4.69, 9.17) is 5.11 Å². The highest BCUT2D eigenvalue weighted by Gasteiger charge is 2.16. The molecule has 0 radical (unpaired) electrons. The lowest BCUT2D eigenvalue weighted by atomic mass is 10.1. The van der Waals surface area contributed by atoms with Crippen LogP contribution in [-0.2, 0) is 7.05 Å². The van der Waals surface area contributed by atoms with Gasteiger partial charge in [-0.05, 0) is 25.5 Å². The Morgan fingerprint density at radius 2 is 2.00 bits per heavy atom. The van der Waals surface area contributed by atoms with Crippen molar-refractivity contribution in [3.63, 3.8) is 0 Å². The van der Waals surface area contributed by atoms with Gasteiger partial charge in [0, 0.05) is 18.7 Å². The van der Waals surface area contributed by atoms with E-state index >= 15 is 0 Å². The number of benzene rings is 1. The Bertz CT molecular complexity index is 1040. The van der Waals surface area contributed by atoms with Gasteiger partial charge in [0.15, 0.2) is 10.8 Å². The fourth-order valence-corrected chi connectivity index (χ4v) is 3.16. The van der Waals surface area contributed by atoms with E-state index in [0.29, 0.717) is 27.1 Å². The van der Waals surface area contributed by atoms with Gasteiger partial charge in [0.05, 0.1) is 11.9 Å². The summed E-state index contributed by atoms with van der Waals surface area (Å²) in [5, 5.41) is 28.8. The van der Waals surface area contributed by atoms with E-state index < -0.39 is 5.97 Å². The minimum absolute atomic E-state index is 0.0932. The van der Waals surface area contributed by atoms with Crippen LogP contribution < -0.4 is 10.6 Å². The first-order valence-electron chi connectivity index (χ1n) is 7.87. The fraction of sp³-hybridized carbons (Fsp3) is 0.176. The Balaban J connectivity index is 1.77. The lowest BCUT2D eigenvalue weighted by Gasteiger charge is -2.11. The smallest absolute Gasteiger partial charge is 0.356 e. The normalized spacial score (nSPS) is 10.6. The van der Waals surface area contributed by atoms with Crippen LogP contribution in [0, 0.1) is 13.8 Å². The Labute approximate surface area is 158 Å². The van der Waals surface area contributed by atoms with E-state index in [-0.39, 0.29) is 17.4 Å². The third-order valence-corrected chi connectivity index (χ3v) is 4.86. The van der Waals surface area contributed by atoms with Crippen molar-refractivity contribution in [1.29, 1.82) is 0 Å². The molecule has 0 aliphatic heterocycles. The van der Waals surface area contributed by atoms with Crippen molar-refractivity contribution in [3.05, 3.63) is 46.1 Å². The molecule has 0 atom stereocenters. The molecule has 1 amide bonds. The molecule has 2 aromatic heterocycles. The van der Waals surface area contributed by atoms with Crippen LogP contribution in [0.1, 0.15) is 31.3 Å². The van der Waals surface area contributed by atoms with Crippen molar-refractivity contribution < 1.29 is 19.8 Å². The number of aryl methyl sites for hydroxylation is 2. The van der Waals surface area contributed by atoms with Crippen LogP contribution in [-0.4, -0.2) is 36.9 Å². The number of phenols is 1. The summed E-state index contributed by atoms with van der Waals surface area (Å²) in [4.78, 5) is 28.0. The van der Waals surface area contributed by atoms with Crippen LogP contribution in [0.2, 0.25) is 0 Å². The fourth-order valence-electron chi connectivity index (χ4n) is 2.44. The maximum atomic E-state index is 12.5. The zero-order valence-electron chi connectivity index (χ0n) is 14.8. The molecule has 0 bridgehead atoms. The van der Waals surface area contributed by atoms with E-state index in [9.17, 15) is 14.7 Å². The average molecular weight is 387 g/mol. The molecule has 27 heavy (non-hydrogen) atoms. The number of amides is 1. The number of carboxylic acid groups (broad SMARTS) is 1. The van der Waals surface area contributed by atoms with E-state index in [1.54, 1.807) is 26.1 Å². The van der Waals surface area contributed by atoms with Crippen molar-refractivity contribution in [3.8, 4) is 5.75 Å². The number of aromatic nitrogens is 3. The standard InChI is InChI=1S/C17H17N5O4S/c1-8-4-5-11(23)9(2)14(8)20-15(24)12-7-18-17(27-12)19-13-6-10(16(25)26)21-22(13)3/h4-7,23H,1-3H3,(H,18,19)(H,20,24)(H,25,26). The Morgan fingerprint density at radius 1 is 1.26 bits per heavy atom. The molecule has 140 valence electrons. The zero-order chi connectivity index (χ0) is 19.7. The second-order valence-electron chi connectivity index (χ2n) is 5.85. The summed E-state index contributed by atoms with van der Waals surface area (Å²) in [6, 6.07) is 4.68. The van der Waals surface area contributed by atoms with Gasteiger partial charge in [-0.1, -0.05) is 17.4 Å². The number of aromatic carboxylic acids is 1. The number of anilines is 3. The number of thiazole rings is 1. The maximum absolute atomic E-state index is 12.5. The number of carbonyl (C=O) groups is 2. The number of hydrogen-bond donors (Lipinski definition) is 4.